The molecule has 1 fully saturated rings. The molecule has 1 aromatic carbocycles. The summed E-state index contributed by atoms with van der Waals surface area (Å²) in [6, 6.07) is 5.22. The number of phenols is 1. The summed E-state index contributed by atoms with van der Waals surface area (Å²) in [5, 5.41) is 13.0. The number of carbonyl (C=O) groups is 1. The second-order valence-corrected chi connectivity index (χ2v) is 5.43. The van der Waals surface area contributed by atoms with Gasteiger partial charge in [-0.25, -0.2) is 0 Å². The predicted molar refractivity (Wildman–Crippen MR) is 73.8 cm³/mol. The average molecular weight is 313 g/mol. The SMILES string of the molecule is CNCC1CCCN1C(=O)c1ccc(Br)cc1O. The van der Waals surface area contributed by atoms with Gasteiger partial charge in [0.25, 0.3) is 5.91 Å². The van der Waals surface area contributed by atoms with Crippen molar-refractivity contribution in [3.8, 4) is 5.75 Å². The second kappa shape index (κ2) is 5.71. The van der Waals surface area contributed by atoms with Gasteiger partial charge in [-0.2, -0.15) is 0 Å². The molecule has 4 nitrogen and oxygen atoms in total. The lowest BCUT2D eigenvalue weighted by Gasteiger charge is -2.24. The van der Waals surface area contributed by atoms with Crippen LogP contribution in [-0.2, 0) is 0 Å². The van der Waals surface area contributed by atoms with Crippen molar-refractivity contribution in [2.24, 2.45) is 0 Å². The molecule has 1 aromatic rings. The zero-order valence-electron chi connectivity index (χ0n) is 10.3. The number of rotatable bonds is 3. The number of phenolic OH excluding ortho intramolecular Hbond substituents is 1. The Bertz CT molecular complexity index is 451. The molecule has 1 aliphatic rings. The number of nitrogens with one attached hydrogen (secondary N) is 1. The summed E-state index contributed by atoms with van der Waals surface area (Å²) in [4.78, 5) is 14.2. The first kappa shape index (κ1) is 13.4. The summed E-state index contributed by atoms with van der Waals surface area (Å²) in [5.74, 6) is -0.0535. The summed E-state index contributed by atoms with van der Waals surface area (Å²) >= 11 is 3.27. The van der Waals surface area contributed by atoms with Crippen LogP contribution in [0.25, 0.3) is 0 Å². The van der Waals surface area contributed by atoms with Gasteiger partial charge in [0.1, 0.15) is 5.75 Å². The molecule has 1 saturated heterocycles. The topological polar surface area (TPSA) is 52.6 Å². The molecule has 5 heteroatoms. The maximum absolute atomic E-state index is 12.4. The minimum atomic E-state index is -0.0854. The molecule has 0 aromatic heterocycles. The molecule has 1 amide bonds. The highest BCUT2D eigenvalue weighted by molar-refractivity contribution is 9.10. The van der Waals surface area contributed by atoms with Crippen LogP contribution in [0.5, 0.6) is 5.75 Å². The minimum Gasteiger partial charge on any atom is -0.507 e. The Morgan fingerprint density at radius 3 is 3.06 bits per heavy atom. The fourth-order valence-electron chi connectivity index (χ4n) is 2.39. The molecule has 1 unspecified atom stereocenters. The fraction of sp³-hybridized carbons (Fsp3) is 0.462. The van der Waals surface area contributed by atoms with Crippen molar-refractivity contribution in [1.82, 2.24) is 10.2 Å². The number of benzene rings is 1. The normalized spacial score (nSPS) is 19.2. The zero-order chi connectivity index (χ0) is 13.1. The third-order valence-corrected chi connectivity index (χ3v) is 3.76. The van der Waals surface area contributed by atoms with E-state index in [2.05, 4.69) is 21.2 Å². The smallest absolute Gasteiger partial charge is 0.257 e. The van der Waals surface area contributed by atoms with E-state index < -0.39 is 0 Å². The van der Waals surface area contributed by atoms with Crippen LogP contribution in [0.3, 0.4) is 0 Å². The summed E-state index contributed by atoms with van der Waals surface area (Å²) in [7, 11) is 1.89. The maximum atomic E-state index is 12.4. The van der Waals surface area contributed by atoms with Gasteiger partial charge in [-0.05, 0) is 38.1 Å². The summed E-state index contributed by atoms with van der Waals surface area (Å²) in [6.07, 6.45) is 2.04. The number of halogens is 1. The number of carbonyl (C=O) groups excluding carboxylic acids is 1. The predicted octanol–water partition coefficient (Wildman–Crippen LogP) is 1.98. The van der Waals surface area contributed by atoms with Gasteiger partial charge < -0.3 is 15.3 Å². The van der Waals surface area contributed by atoms with Gasteiger partial charge in [-0.3, -0.25) is 4.79 Å². The first-order valence-corrected chi connectivity index (χ1v) is 6.87. The van der Waals surface area contributed by atoms with E-state index in [-0.39, 0.29) is 17.7 Å². The Morgan fingerprint density at radius 2 is 2.39 bits per heavy atom. The number of hydrogen-bond donors (Lipinski definition) is 2. The van der Waals surface area contributed by atoms with Crippen LogP contribution < -0.4 is 5.32 Å². The number of aromatic hydroxyl groups is 1. The van der Waals surface area contributed by atoms with E-state index in [0.717, 1.165) is 30.4 Å². The van der Waals surface area contributed by atoms with Gasteiger partial charge in [0.15, 0.2) is 0 Å². The van der Waals surface area contributed by atoms with Crippen molar-refractivity contribution in [3.63, 3.8) is 0 Å². The lowest BCUT2D eigenvalue weighted by Crippen LogP contribution is -2.40. The molecule has 2 rings (SSSR count). The number of likely N-dealkylation sites (tertiary alicyclic amines) is 1. The lowest BCUT2D eigenvalue weighted by atomic mass is 10.1. The molecular formula is C13H17BrN2O2. The van der Waals surface area contributed by atoms with E-state index in [1.807, 2.05) is 11.9 Å². The molecule has 0 radical (unpaired) electrons. The quantitative estimate of drug-likeness (QED) is 0.897. The number of hydrogen-bond acceptors (Lipinski definition) is 3. The number of amides is 1. The summed E-state index contributed by atoms with van der Waals surface area (Å²) in [6.45, 7) is 1.56. The molecular weight excluding hydrogens is 296 g/mol. The van der Waals surface area contributed by atoms with Gasteiger partial charge in [-0.1, -0.05) is 15.9 Å². The van der Waals surface area contributed by atoms with Crippen LogP contribution in [0.1, 0.15) is 23.2 Å². The first-order valence-electron chi connectivity index (χ1n) is 6.07. The molecule has 2 N–H and O–H groups in total. The molecule has 1 atom stereocenters. The Labute approximate surface area is 115 Å². The number of likely N-dealkylation sites (N-methyl/N-ethyl adjacent to an activating group) is 1. The van der Waals surface area contributed by atoms with Gasteiger partial charge in [0.05, 0.1) is 5.56 Å². The molecule has 0 aliphatic carbocycles. The van der Waals surface area contributed by atoms with Gasteiger partial charge in [-0.15, -0.1) is 0 Å². The Hall–Kier alpha value is -1.07. The highest BCUT2D eigenvalue weighted by atomic mass is 79.9. The van der Waals surface area contributed by atoms with Gasteiger partial charge in [0, 0.05) is 23.6 Å². The third kappa shape index (κ3) is 2.67. The Morgan fingerprint density at radius 1 is 1.61 bits per heavy atom. The van der Waals surface area contributed by atoms with Crippen LogP contribution in [0.2, 0.25) is 0 Å². The maximum Gasteiger partial charge on any atom is 0.257 e. The van der Waals surface area contributed by atoms with Crippen LogP contribution >= 0.6 is 15.9 Å². The zero-order valence-corrected chi connectivity index (χ0v) is 11.9. The molecule has 0 bridgehead atoms. The summed E-state index contributed by atoms with van der Waals surface area (Å²) < 4.78 is 0.768. The van der Waals surface area contributed by atoms with Crippen LogP contribution in [-0.4, -0.2) is 42.1 Å². The van der Waals surface area contributed by atoms with Crippen molar-refractivity contribution in [1.29, 1.82) is 0 Å². The van der Waals surface area contributed by atoms with Crippen LogP contribution in [0.4, 0.5) is 0 Å². The standard InChI is InChI=1S/C13H17BrN2O2/c1-15-8-10-3-2-6-16(10)13(18)11-5-4-9(14)7-12(11)17/h4-5,7,10,15,17H,2-3,6,8H2,1H3. The van der Waals surface area contributed by atoms with E-state index in [9.17, 15) is 9.90 Å². The van der Waals surface area contributed by atoms with E-state index in [1.54, 1.807) is 18.2 Å². The number of nitrogens with zero attached hydrogens (tertiary/aromatic N) is 1. The third-order valence-electron chi connectivity index (χ3n) is 3.27. The lowest BCUT2D eigenvalue weighted by molar-refractivity contribution is 0.0734. The molecule has 18 heavy (non-hydrogen) atoms. The highest BCUT2D eigenvalue weighted by Gasteiger charge is 2.29. The van der Waals surface area contributed by atoms with E-state index in [1.165, 1.54) is 0 Å². The van der Waals surface area contributed by atoms with Crippen molar-refractivity contribution in [2.45, 2.75) is 18.9 Å². The average Bonchev–Trinajstić information content (AvgIpc) is 2.77. The Balaban J connectivity index is 2.20. The summed E-state index contributed by atoms with van der Waals surface area (Å²) in [5.41, 5.74) is 0.376. The van der Waals surface area contributed by atoms with Crippen LogP contribution in [0.15, 0.2) is 22.7 Å². The molecule has 0 spiro atoms. The first-order chi connectivity index (χ1) is 8.63. The van der Waals surface area contributed by atoms with Crippen molar-refractivity contribution < 1.29 is 9.90 Å². The van der Waals surface area contributed by atoms with Crippen molar-refractivity contribution in [2.75, 3.05) is 20.1 Å². The fourth-order valence-corrected chi connectivity index (χ4v) is 2.74. The Kier molecular flexibility index (Phi) is 4.24. The van der Waals surface area contributed by atoms with Gasteiger partial charge >= 0.3 is 0 Å². The highest BCUT2D eigenvalue weighted by Crippen LogP contribution is 2.26. The minimum absolute atomic E-state index is 0.0319. The van der Waals surface area contributed by atoms with E-state index >= 15 is 0 Å². The van der Waals surface area contributed by atoms with E-state index in [0.29, 0.717) is 5.56 Å². The second-order valence-electron chi connectivity index (χ2n) is 4.51. The van der Waals surface area contributed by atoms with Crippen LogP contribution in [0, 0.1) is 0 Å². The molecule has 98 valence electrons. The van der Waals surface area contributed by atoms with Gasteiger partial charge in [0.2, 0.25) is 0 Å². The largest absolute Gasteiger partial charge is 0.507 e. The molecule has 1 aliphatic heterocycles. The van der Waals surface area contributed by atoms with Crippen molar-refractivity contribution in [3.05, 3.63) is 28.2 Å². The molecule has 1 heterocycles. The van der Waals surface area contributed by atoms with E-state index in [4.69, 9.17) is 0 Å². The van der Waals surface area contributed by atoms with Crippen molar-refractivity contribution >= 4 is 21.8 Å². The monoisotopic (exact) mass is 312 g/mol. The molecule has 0 saturated carbocycles.